The van der Waals surface area contributed by atoms with Gasteiger partial charge in [-0.05, 0) is 24.6 Å². The first kappa shape index (κ1) is 10.6. The van der Waals surface area contributed by atoms with Gasteiger partial charge in [0.15, 0.2) is 0 Å². The molecule has 1 unspecified atom stereocenters. The number of carbonyl (C=O) groups excluding carboxylic acids is 2. The molecular weight excluding hydrogens is 208 g/mol. The maximum Gasteiger partial charge on any atom is 0.334 e. The second-order valence-electron chi connectivity index (χ2n) is 4.09. The molecule has 5 heteroatoms. The van der Waals surface area contributed by atoms with Crippen LogP contribution in [0.25, 0.3) is 0 Å². The molecule has 1 aromatic rings. The smallest absolute Gasteiger partial charge is 0.334 e. The number of hydrogen-bond donors (Lipinski definition) is 2. The molecule has 1 saturated heterocycles. The van der Waals surface area contributed by atoms with E-state index in [2.05, 4.69) is 4.74 Å². The molecule has 5 nitrogen and oxygen atoms in total. The van der Waals surface area contributed by atoms with E-state index in [-0.39, 0.29) is 0 Å². The van der Waals surface area contributed by atoms with Crippen LogP contribution in [0.5, 0.6) is 0 Å². The molecule has 0 radical (unpaired) electrons. The minimum Gasteiger partial charge on any atom is -0.399 e. The average molecular weight is 220 g/mol. The van der Waals surface area contributed by atoms with Crippen LogP contribution in [0.1, 0.15) is 18.4 Å². The Morgan fingerprint density at radius 2 is 1.81 bits per heavy atom. The Labute approximate surface area is 92.4 Å². The molecule has 2 atom stereocenters. The highest BCUT2D eigenvalue weighted by molar-refractivity contribution is 6.04. The SMILES string of the molecule is C[C@@]1(N)C(=O)OC(=O)C1c1ccc(N)cc1. The zero-order chi connectivity index (χ0) is 11.9. The summed E-state index contributed by atoms with van der Waals surface area (Å²) in [4.78, 5) is 22.9. The summed E-state index contributed by atoms with van der Waals surface area (Å²) in [6.07, 6.45) is 0. The molecule has 1 aliphatic heterocycles. The summed E-state index contributed by atoms with van der Waals surface area (Å²) in [6.45, 7) is 1.49. The summed E-state index contributed by atoms with van der Waals surface area (Å²) in [5.41, 5.74) is 11.2. The van der Waals surface area contributed by atoms with Crippen LogP contribution in [0.3, 0.4) is 0 Å². The van der Waals surface area contributed by atoms with Crippen molar-refractivity contribution in [3.05, 3.63) is 29.8 Å². The number of ether oxygens (including phenoxy) is 1. The lowest BCUT2D eigenvalue weighted by atomic mass is 9.83. The van der Waals surface area contributed by atoms with Gasteiger partial charge in [0, 0.05) is 5.69 Å². The number of cyclic esters (lactones) is 2. The maximum absolute atomic E-state index is 11.5. The third-order valence-corrected chi connectivity index (χ3v) is 2.74. The lowest BCUT2D eigenvalue weighted by Gasteiger charge is -2.19. The second kappa shape index (κ2) is 3.31. The fourth-order valence-electron chi connectivity index (χ4n) is 1.79. The van der Waals surface area contributed by atoms with Crippen molar-refractivity contribution in [2.45, 2.75) is 18.4 Å². The van der Waals surface area contributed by atoms with Gasteiger partial charge in [-0.3, -0.25) is 4.79 Å². The number of benzene rings is 1. The van der Waals surface area contributed by atoms with Crippen molar-refractivity contribution >= 4 is 17.6 Å². The van der Waals surface area contributed by atoms with E-state index >= 15 is 0 Å². The quantitative estimate of drug-likeness (QED) is 0.399. The van der Waals surface area contributed by atoms with Gasteiger partial charge in [-0.2, -0.15) is 0 Å². The molecule has 0 bridgehead atoms. The van der Waals surface area contributed by atoms with Gasteiger partial charge >= 0.3 is 11.9 Å². The third kappa shape index (κ3) is 1.45. The van der Waals surface area contributed by atoms with E-state index in [1.807, 2.05) is 0 Å². The molecule has 84 valence electrons. The minimum absolute atomic E-state index is 0.583. The first-order chi connectivity index (χ1) is 7.43. The van der Waals surface area contributed by atoms with Crippen LogP contribution in [-0.2, 0) is 14.3 Å². The number of carbonyl (C=O) groups is 2. The normalized spacial score (nSPS) is 29.2. The molecule has 2 rings (SSSR count). The van der Waals surface area contributed by atoms with Gasteiger partial charge < -0.3 is 16.2 Å². The molecule has 1 aliphatic rings. The van der Waals surface area contributed by atoms with E-state index in [4.69, 9.17) is 11.5 Å². The molecule has 1 fully saturated rings. The molecule has 1 heterocycles. The number of anilines is 1. The molecular formula is C11H12N2O3. The minimum atomic E-state index is -1.31. The Balaban J connectivity index is 2.44. The average Bonchev–Trinajstić information content (AvgIpc) is 2.39. The fourth-order valence-corrected chi connectivity index (χ4v) is 1.79. The zero-order valence-corrected chi connectivity index (χ0v) is 8.77. The van der Waals surface area contributed by atoms with Gasteiger partial charge in [0.2, 0.25) is 0 Å². The summed E-state index contributed by atoms with van der Waals surface area (Å²) < 4.78 is 4.54. The number of hydrogen-bond acceptors (Lipinski definition) is 5. The fraction of sp³-hybridized carbons (Fsp3) is 0.273. The standard InChI is InChI=1S/C11H12N2O3/c1-11(13)8(9(14)16-10(11)15)6-2-4-7(12)5-3-6/h2-5,8H,12-13H2,1H3/t8?,11-/m0/s1. The molecule has 0 amide bonds. The van der Waals surface area contributed by atoms with Gasteiger partial charge in [0.05, 0.1) is 0 Å². The van der Waals surface area contributed by atoms with Crippen LogP contribution >= 0.6 is 0 Å². The molecule has 0 saturated carbocycles. The summed E-state index contributed by atoms with van der Waals surface area (Å²) >= 11 is 0. The first-order valence-electron chi connectivity index (χ1n) is 4.83. The van der Waals surface area contributed by atoms with Crippen molar-refractivity contribution in [3.8, 4) is 0 Å². The van der Waals surface area contributed by atoms with E-state index in [1.54, 1.807) is 24.3 Å². The monoisotopic (exact) mass is 220 g/mol. The molecule has 16 heavy (non-hydrogen) atoms. The van der Waals surface area contributed by atoms with Crippen molar-refractivity contribution in [2.24, 2.45) is 5.73 Å². The number of nitrogens with two attached hydrogens (primary N) is 2. The van der Waals surface area contributed by atoms with Crippen LogP contribution in [0.2, 0.25) is 0 Å². The second-order valence-corrected chi connectivity index (χ2v) is 4.09. The maximum atomic E-state index is 11.5. The van der Waals surface area contributed by atoms with Gasteiger partial charge in [0.1, 0.15) is 11.5 Å². The van der Waals surface area contributed by atoms with E-state index in [0.29, 0.717) is 11.3 Å². The van der Waals surface area contributed by atoms with Gasteiger partial charge in [-0.1, -0.05) is 12.1 Å². The Kier molecular flexibility index (Phi) is 2.20. The number of rotatable bonds is 1. The van der Waals surface area contributed by atoms with Crippen molar-refractivity contribution in [2.75, 3.05) is 5.73 Å². The van der Waals surface area contributed by atoms with Crippen LogP contribution < -0.4 is 11.5 Å². The molecule has 0 aromatic heterocycles. The van der Waals surface area contributed by atoms with Gasteiger partial charge in [0.25, 0.3) is 0 Å². The summed E-state index contributed by atoms with van der Waals surface area (Å²) in [5.74, 6) is -2.07. The van der Waals surface area contributed by atoms with E-state index in [9.17, 15) is 9.59 Å². The molecule has 4 N–H and O–H groups in total. The number of esters is 2. The predicted octanol–water partition coefficient (Wildman–Crippen LogP) is 0.153. The van der Waals surface area contributed by atoms with Crippen LogP contribution in [0.15, 0.2) is 24.3 Å². The van der Waals surface area contributed by atoms with Crippen LogP contribution in [-0.4, -0.2) is 17.5 Å². The van der Waals surface area contributed by atoms with E-state index in [0.717, 1.165) is 0 Å². The highest BCUT2D eigenvalue weighted by atomic mass is 16.6. The van der Waals surface area contributed by atoms with Crippen LogP contribution in [0.4, 0.5) is 5.69 Å². The summed E-state index contributed by atoms with van der Waals surface area (Å²) in [5, 5.41) is 0. The van der Waals surface area contributed by atoms with Crippen molar-refractivity contribution in [1.29, 1.82) is 0 Å². The molecule has 0 aliphatic carbocycles. The predicted molar refractivity (Wildman–Crippen MR) is 57.3 cm³/mol. The van der Waals surface area contributed by atoms with Gasteiger partial charge in [-0.25, -0.2) is 4.79 Å². The van der Waals surface area contributed by atoms with Crippen molar-refractivity contribution in [3.63, 3.8) is 0 Å². The van der Waals surface area contributed by atoms with E-state index in [1.165, 1.54) is 6.92 Å². The Bertz CT molecular complexity index is 451. The van der Waals surface area contributed by atoms with Crippen LogP contribution in [0, 0.1) is 0 Å². The summed E-state index contributed by atoms with van der Waals surface area (Å²) in [7, 11) is 0. The Morgan fingerprint density at radius 1 is 1.25 bits per heavy atom. The van der Waals surface area contributed by atoms with Crippen molar-refractivity contribution < 1.29 is 14.3 Å². The van der Waals surface area contributed by atoms with Crippen molar-refractivity contribution in [1.82, 2.24) is 0 Å². The lowest BCUT2D eigenvalue weighted by molar-refractivity contribution is -0.153. The topological polar surface area (TPSA) is 95.4 Å². The third-order valence-electron chi connectivity index (χ3n) is 2.74. The largest absolute Gasteiger partial charge is 0.399 e. The Hall–Kier alpha value is -1.88. The molecule has 0 spiro atoms. The Morgan fingerprint density at radius 3 is 2.25 bits per heavy atom. The number of nitrogen functional groups attached to an aromatic ring is 1. The summed E-state index contributed by atoms with van der Waals surface area (Å²) in [6, 6.07) is 6.65. The highest BCUT2D eigenvalue weighted by Gasteiger charge is 2.52. The zero-order valence-electron chi connectivity index (χ0n) is 8.77. The van der Waals surface area contributed by atoms with E-state index < -0.39 is 23.4 Å². The van der Waals surface area contributed by atoms with Gasteiger partial charge in [-0.15, -0.1) is 0 Å². The molecule has 1 aromatic carbocycles. The lowest BCUT2D eigenvalue weighted by Crippen LogP contribution is -2.46. The highest BCUT2D eigenvalue weighted by Crippen LogP contribution is 2.34. The first-order valence-corrected chi connectivity index (χ1v) is 4.83.